The van der Waals surface area contributed by atoms with Crippen molar-refractivity contribution in [3.8, 4) is 0 Å². The third kappa shape index (κ3) is 2.80. The van der Waals surface area contributed by atoms with E-state index in [1.165, 1.54) is 0 Å². The standard InChI is InChI=1S/C13H17N3O2/c1-9-4-2-3-5-11(9)15-13(18)16-7-10(8-16)6-12(14)17/h2-5,10H,6-8H2,1H3,(H2,14,17)(H,15,18). The number of amides is 3. The Morgan fingerprint density at radius 1 is 1.39 bits per heavy atom. The molecule has 1 aliphatic heterocycles. The van der Waals surface area contributed by atoms with Crippen molar-refractivity contribution < 1.29 is 9.59 Å². The normalized spacial score (nSPS) is 15.1. The number of benzene rings is 1. The van der Waals surface area contributed by atoms with Gasteiger partial charge in [-0.05, 0) is 18.6 Å². The smallest absolute Gasteiger partial charge is 0.321 e. The zero-order chi connectivity index (χ0) is 13.1. The molecule has 0 saturated carbocycles. The number of para-hydroxylation sites is 1. The maximum absolute atomic E-state index is 11.9. The van der Waals surface area contributed by atoms with E-state index in [9.17, 15) is 9.59 Å². The van der Waals surface area contributed by atoms with Gasteiger partial charge in [0.25, 0.3) is 0 Å². The summed E-state index contributed by atoms with van der Waals surface area (Å²) in [6.07, 6.45) is 0.355. The van der Waals surface area contributed by atoms with Gasteiger partial charge in [-0.15, -0.1) is 0 Å². The number of nitrogens with two attached hydrogens (primary N) is 1. The number of nitrogens with zero attached hydrogens (tertiary/aromatic N) is 1. The summed E-state index contributed by atoms with van der Waals surface area (Å²) in [6.45, 7) is 3.14. The fourth-order valence-electron chi connectivity index (χ4n) is 2.06. The van der Waals surface area contributed by atoms with Crippen LogP contribution in [0.4, 0.5) is 10.5 Å². The van der Waals surface area contributed by atoms with Crippen LogP contribution >= 0.6 is 0 Å². The Bertz CT molecular complexity index is 467. The Labute approximate surface area is 106 Å². The second-order valence-electron chi connectivity index (χ2n) is 4.69. The van der Waals surface area contributed by atoms with Crippen LogP contribution in [-0.2, 0) is 4.79 Å². The maximum atomic E-state index is 11.9. The van der Waals surface area contributed by atoms with E-state index in [1.54, 1.807) is 4.90 Å². The van der Waals surface area contributed by atoms with Crippen molar-refractivity contribution in [1.82, 2.24) is 4.90 Å². The fraction of sp³-hybridized carbons (Fsp3) is 0.385. The number of likely N-dealkylation sites (tertiary alicyclic amines) is 1. The molecule has 3 N–H and O–H groups in total. The van der Waals surface area contributed by atoms with Gasteiger partial charge in [-0.25, -0.2) is 4.79 Å². The minimum atomic E-state index is -0.307. The lowest BCUT2D eigenvalue weighted by atomic mass is 9.96. The molecule has 0 aliphatic carbocycles. The summed E-state index contributed by atoms with van der Waals surface area (Å²) >= 11 is 0. The molecule has 1 heterocycles. The molecule has 0 bridgehead atoms. The number of aryl methyl sites for hydroxylation is 1. The van der Waals surface area contributed by atoms with Gasteiger partial charge in [-0.1, -0.05) is 18.2 Å². The van der Waals surface area contributed by atoms with E-state index in [0.29, 0.717) is 19.5 Å². The molecular weight excluding hydrogens is 230 g/mol. The second kappa shape index (κ2) is 5.08. The quantitative estimate of drug-likeness (QED) is 0.845. The molecule has 0 atom stereocenters. The molecule has 3 amide bonds. The molecule has 96 valence electrons. The Balaban J connectivity index is 1.84. The van der Waals surface area contributed by atoms with Crippen LogP contribution in [0.2, 0.25) is 0 Å². The van der Waals surface area contributed by atoms with Crippen molar-refractivity contribution in [2.75, 3.05) is 18.4 Å². The number of hydrogen-bond acceptors (Lipinski definition) is 2. The number of rotatable bonds is 3. The average Bonchev–Trinajstić information content (AvgIpc) is 2.25. The van der Waals surface area contributed by atoms with E-state index in [1.807, 2.05) is 31.2 Å². The lowest BCUT2D eigenvalue weighted by Gasteiger charge is -2.38. The molecular formula is C13H17N3O2. The van der Waals surface area contributed by atoms with Gasteiger partial charge in [-0.2, -0.15) is 0 Å². The zero-order valence-electron chi connectivity index (χ0n) is 10.3. The molecule has 2 rings (SSSR count). The topological polar surface area (TPSA) is 75.4 Å². The van der Waals surface area contributed by atoms with Crippen LogP contribution in [0.3, 0.4) is 0 Å². The number of urea groups is 1. The highest BCUT2D eigenvalue weighted by Crippen LogP contribution is 2.21. The van der Waals surface area contributed by atoms with Crippen molar-refractivity contribution in [2.45, 2.75) is 13.3 Å². The minimum Gasteiger partial charge on any atom is -0.370 e. The number of nitrogens with one attached hydrogen (secondary N) is 1. The molecule has 0 aromatic heterocycles. The Hall–Kier alpha value is -2.04. The summed E-state index contributed by atoms with van der Waals surface area (Å²) < 4.78 is 0. The predicted octanol–water partition coefficient (Wildman–Crippen LogP) is 1.33. The molecule has 1 aromatic rings. The summed E-state index contributed by atoms with van der Waals surface area (Å²) in [5.41, 5.74) is 6.96. The average molecular weight is 247 g/mol. The van der Waals surface area contributed by atoms with Gasteiger partial charge >= 0.3 is 6.03 Å². The van der Waals surface area contributed by atoms with Crippen LogP contribution in [0.15, 0.2) is 24.3 Å². The third-order valence-corrected chi connectivity index (χ3v) is 3.12. The first kappa shape index (κ1) is 12.4. The highest BCUT2D eigenvalue weighted by Gasteiger charge is 2.31. The van der Waals surface area contributed by atoms with E-state index < -0.39 is 0 Å². The molecule has 5 heteroatoms. The van der Waals surface area contributed by atoms with Gasteiger partial charge in [0.1, 0.15) is 0 Å². The first-order valence-corrected chi connectivity index (χ1v) is 5.96. The number of primary amides is 1. The summed E-state index contributed by atoms with van der Waals surface area (Å²) in [4.78, 5) is 24.3. The van der Waals surface area contributed by atoms with Crippen LogP contribution < -0.4 is 11.1 Å². The highest BCUT2D eigenvalue weighted by atomic mass is 16.2. The summed E-state index contributed by atoms with van der Waals surface area (Å²) in [5, 5.41) is 2.86. The van der Waals surface area contributed by atoms with E-state index in [0.717, 1.165) is 11.3 Å². The summed E-state index contributed by atoms with van der Waals surface area (Å²) in [7, 11) is 0. The monoisotopic (exact) mass is 247 g/mol. The Morgan fingerprint density at radius 2 is 2.06 bits per heavy atom. The largest absolute Gasteiger partial charge is 0.370 e. The molecule has 0 radical (unpaired) electrons. The molecule has 1 saturated heterocycles. The first-order chi connectivity index (χ1) is 8.56. The van der Waals surface area contributed by atoms with Crippen LogP contribution in [0.25, 0.3) is 0 Å². The molecule has 0 unspecified atom stereocenters. The molecule has 1 aromatic carbocycles. The second-order valence-corrected chi connectivity index (χ2v) is 4.69. The van der Waals surface area contributed by atoms with E-state index >= 15 is 0 Å². The van der Waals surface area contributed by atoms with Crippen LogP contribution in [0.1, 0.15) is 12.0 Å². The van der Waals surface area contributed by atoms with Crippen molar-refractivity contribution in [3.63, 3.8) is 0 Å². The number of carbonyl (C=O) groups is 2. The molecule has 5 nitrogen and oxygen atoms in total. The molecule has 0 spiro atoms. The summed E-state index contributed by atoms with van der Waals surface area (Å²) in [5.74, 6) is -0.0934. The first-order valence-electron chi connectivity index (χ1n) is 5.96. The van der Waals surface area contributed by atoms with Crippen molar-refractivity contribution in [1.29, 1.82) is 0 Å². The lowest BCUT2D eigenvalue weighted by molar-refractivity contribution is -0.119. The molecule has 1 aliphatic rings. The van der Waals surface area contributed by atoms with Crippen LogP contribution in [0, 0.1) is 12.8 Å². The van der Waals surface area contributed by atoms with Gasteiger partial charge in [0.05, 0.1) is 0 Å². The van der Waals surface area contributed by atoms with Crippen LogP contribution in [0.5, 0.6) is 0 Å². The Kier molecular flexibility index (Phi) is 3.50. The van der Waals surface area contributed by atoms with Crippen LogP contribution in [-0.4, -0.2) is 29.9 Å². The van der Waals surface area contributed by atoms with Gasteiger partial charge in [0.15, 0.2) is 0 Å². The van der Waals surface area contributed by atoms with Gasteiger partial charge in [-0.3, -0.25) is 4.79 Å². The SMILES string of the molecule is Cc1ccccc1NC(=O)N1CC(CC(N)=O)C1. The maximum Gasteiger partial charge on any atom is 0.321 e. The molecule has 18 heavy (non-hydrogen) atoms. The number of hydrogen-bond donors (Lipinski definition) is 2. The minimum absolute atomic E-state index is 0.120. The predicted molar refractivity (Wildman–Crippen MR) is 69.1 cm³/mol. The highest BCUT2D eigenvalue weighted by molar-refractivity contribution is 5.90. The lowest BCUT2D eigenvalue weighted by Crippen LogP contribution is -2.52. The Morgan fingerprint density at radius 3 is 2.67 bits per heavy atom. The fourth-order valence-corrected chi connectivity index (χ4v) is 2.06. The summed E-state index contributed by atoms with van der Waals surface area (Å²) in [6, 6.07) is 7.51. The molecule has 1 fully saturated rings. The van der Waals surface area contributed by atoms with Gasteiger partial charge < -0.3 is 16.0 Å². The third-order valence-electron chi connectivity index (χ3n) is 3.12. The van der Waals surface area contributed by atoms with E-state index in [2.05, 4.69) is 5.32 Å². The van der Waals surface area contributed by atoms with Crippen molar-refractivity contribution in [2.24, 2.45) is 11.7 Å². The zero-order valence-corrected chi connectivity index (χ0v) is 10.3. The number of carbonyl (C=O) groups excluding carboxylic acids is 2. The van der Waals surface area contributed by atoms with Crippen molar-refractivity contribution in [3.05, 3.63) is 29.8 Å². The van der Waals surface area contributed by atoms with E-state index in [-0.39, 0.29) is 17.9 Å². The van der Waals surface area contributed by atoms with Crippen molar-refractivity contribution >= 4 is 17.6 Å². The van der Waals surface area contributed by atoms with Gasteiger partial charge in [0.2, 0.25) is 5.91 Å². The van der Waals surface area contributed by atoms with E-state index in [4.69, 9.17) is 5.73 Å². The van der Waals surface area contributed by atoms with Gasteiger partial charge in [0, 0.05) is 31.1 Å². The number of anilines is 1.